The molecule has 0 spiro atoms. The maximum atomic E-state index is 14.1. The summed E-state index contributed by atoms with van der Waals surface area (Å²) in [6, 6.07) is 11.7. The Kier molecular flexibility index (Phi) is 8.67. The average molecular weight is 507 g/mol. The molecule has 0 aliphatic heterocycles. The van der Waals surface area contributed by atoms with Gasteiger partial charge in [-0.2, -0.15) is 4.39 Å². The van der Waals surface area contributed by atoms with Gasteiger partial charge in [-0.1, -0.05) is 49.2 Å². The minimum Gasteiger partial charge on any atom is -0.486 e. The van der Waals surface area contributed by atoms with Crippen LogP contribution >= 0.6 is 0 Å². The van der Waals surface area contributed by atoms with Crippen molar-refractivity contribution >= 4 is 0 Å². The third-order valence-corrected chi connectivity index (χ3v) is 10.1. The highest BCUT2D eigenvalue weighted by atomic mass is 19.2. The Bertz CT molecular complexity index is 1040. The van der Waals surface area contributed by atoms with E-state index in [-0.39, 0.29) is 12.4 Å². The number of hydrogen-bond donors (Lipinski definition) is 0. The summed E-state index contributed by atoms with van der Waals surface area (Å²) in [5, 5.41) is 0. The van der Waals surface area contributed by atoms with Crippen molar-refractivity contribution < 1.29 is 13.5 Å². The van der Waals surface area contributed by atoms with E-state index in [1.807, 2.05) is 0 Å². The Morgan fingerprint density at radius 3 is 2.16 bits per heavy atom. The molecular formula is C34H44F2O. The molecule has 200 valence electrons. The Balaban J connectivity index is 1.09. The first-order valence-corrected chi connectivity index (χ1v) is 14.8. The summed E-state index contributed by atoms with van der Waals surface area (Å²) in [4.78, 5) is 0. The molecule has 4 atom stereocenters. The highest BCUT2D eigenvalue weighted by Crippen LogP contribution is 2.51. The van der Waals surface area contributed by atoms with Gasteiger partial charge in [0.1, 0.15) is 6.61 Å². The first-order chi connectivity index (χ1) is 18.0. The van der Waals surface area contributed by atoms with Gasteiger partial charge in [-0.15, -0.1) is 6.58 Å². The van der Waals surface area contributed by atoms with Crippen molar-refractivity contribution in [2.75, 3.05) is 0 Å². The van der Waals surface area contributed by atoms with E-state index in [1.165, 1.54) is 88.7 Å². The molecular weight excluding hydrogens is 462 g/mol. The van der Waals surface area contributed by atoms with Gasteiger partial charge in [-0.05, 0) is 129 Å². The molecule has 2 aromatic rings. The van der Waals surface area contributed by atoms with E-state index in [9.17, 15) is 8.78 Å². The highest BCUT2D eigenvalue weighted by molar-refractivity contribution is 5.31. The molecule has 0 N–H and O–H groups in total. The third-order valence-electron chi connectivity index (χ3n) is 10.1. The summed E-state index contributed by atoms with van der Waals surface area (Å²) in [5.74, 6) is 3.63. The van der Waals surface area contributed by atoms with Crippen LogP contribution in [0.5, 0.6) is 5.75 Å². The highest BCUT2D eigenvalue weighted by Gasteiger charge is 2.39. The summed E-state index contributed by atoms with van der Waals surface area (Å²) >= 11 is 0. The van der Waals surface area contributed by atoms with Crippen molar-refractivity contribution in [1.29, 1.82) is 0 Å². The first-order valence-electron chi connectivity index (χ1n) is 14.8. The smallest absolute Gasteiger partial charge is 0.200 e. The van der Waals surface area contributed by atoms with Gasteiger partial charge in [-0.25, -0.2) is 4.39 Å². The van der Waals surface area contributed by atoms with Crippen molar-refractivity contribution in [1.82, 2.24) is 0 Å². The number of aryl methyl sites for hydroxylation is 1. The van der Waals surface area contributed by atoms with E-state index in [4.69, 9.17) is 4.74 Å². The lowest BCUT2D eigenvalue weighted by molar-refractivity contribution is 0.0713. The van der Waals surface area contributed by atoms with Crippen LogP contribution in [0.25, 0.3) is 0 Å². The van der Waals surface area contributed by atoms with Crippen LogP contribution in [0.1, 0.15) is 99.7 Å². The van der Waals surface area contributed by atoms with E-state index in [0.717, 1.165) is 35.2 Å². The SMILES string of the molecule is C=CCCC1CCC(C2CCC3CC(c4ccc(COc5ccc(C)c(F)c5F)cc4)CCC3C2)CC1. The zero-order chi connectivity index (χ0) is 25.8. The number of fused-ring (bicyclic) bond motifs is 1. The summed E-state index contributed by atoms with van der Waals surface area (Å²) < 4.78 is 33.5. The maximum Gasteiger partial charge on any atom is 0.200 e. The predicted molar refractivity (Wildman–Crippen MR) is 148 cm³/mol. The molecule has 37 heavy (non-hydrogen) atoms. The van der Waals surface area contributed by atoms with Gasteiger partial charge in [-0.3, -0.25) is 0 Å². The molecule has 3 aliphatic carbocycles. The summed E-state index contributed by atoms with van der Waals surface area (Å²) in [5.41, 5.74) is 2.70. The molecule has 2 aromatic carbocycles. The molecule has 4 unspecified atom stereocenters. The number of halogens is 2. The minimum absolute atomic E-state index is 0.0261. The maximum absolute atomic E-state index is 14.1. The van der Waals surface area contributed by atoms with Crippen molar-refractivity contribution in [2.45, 2.75) is 96.5 Å². The van der Waals surface area contributed by atoms with Crippen LogP contribution in [0.3, 0.4) is 0 Å². The fraction of sp³-hybridized carbons (Fsp3) is 0.588. The van der Waals surface area contributed by atoms with E-state index in [2.05, 4.69) is 36.9 Å². The van der Waals surface area contributed by atoms with Gasteiger partial charge in [0.05, 0.1) is 0 Å². The normalized spacial score (nSPS) is 29.9. The summed E-state index contributed by atoms with van der Waals surface area (Å²) in [6.45, 7) is 5.69. The van der Waals surface area contributed by atoms with Crippen LogP contribution in [0.4, 0.5) is 8.78 Å². The fourth-order valence-electron chi connectivity index (χ4n) is 7.75. The fourth-order valence-corrected chi connectivity index (χ4v) is 7.75. The molecule has 0 saturated heterocycles. The number of benzene rings is 2. The Morgan fingerprint density at radius 1 is 0.784 bits per heavy atom. The Hall–Kier alpha value is -2.16. The van der Waals surface area contributed by atoms with Gasteiger partial charge in [0, 0.05) is 0 Å². The van der Waals surface area contributed by atoms with Crippen molar-refractivity contribution in [3.05, 3.63) is 77.4 Å². The van der Waals surface area contributed by atoms with Crippen LogP contribution < -0.4 is 4.74 Å². The van der Waals surface area contributed by atoms with Crippen molar-refractivity contribution in [2.24, 2.45) is 29.6 Å². The third kappa shape index (κ3) is 6.29. The zero-order valence-electron chi connectivity index (χ0n) is 22.6. The summed E-state index contributed by atoms with van der Waals surface area (Å²) in [6.07, 6.45) is 18.8. The topological polar surface area (TPSA) is 9.23 Å². The molecule has 3 aliphatic rings. The molecule has 0 heterocycles. The van der Waals surface area contributed by atoms with Crippen LogP contribution in [0, 0.1) is 48.1 Å². The van der Waals surface area contributed by atoms with Crippen LogP contribution in [-0.2, 0) is 6.61 Å². The second kappa shape index (κ2) is 12.1. The molecule has 0 radical (unpaired) electrons. The number of allylic oxidation sites excluding steroid dienone is 1. The van der Waals surface area contributed by atoms with Gasteiger partial charge in [0.25, 0.3) is 0 Å². The van der Waals surface area contributed by atoms with E-state index >= 15 is 0 Å². The van der Waals surface area contributed by atoms with Crippen molar-refractivity contribution in [3.8, 4) is 5.75 Å². The van der Waals surface area contributed by atoms with E-state index in [0.29, 0.717) is 11.5 Å². The molecule has 3 fully saturated rings. The van der Waals surface area contributed by atoms with Gasteiger partial charge in [0.15, 0.2) is 11.6 Å². The molecule has 0 aromatic heterocycles. The number of hydrogen-bond acceptors (Lipinski definition) is 1. The number of ether oxygens (including phenoxy) is 1. The first kappa shape index (κ1) is 26.4. The lowest BCUT2D eigenvalue weighted by atomic mass is 9.60. The van der Waals surface area contributed by atoms with Gasteiger partial charge >= 0.3 is 0 Å². The predicted octanol–water partition coefficient (Wildman–Crippen LogP) is 9.92. The molecule has 0 bridgehead atoms. The Labute approximate surface area is 222 Å². The zero-order valence-corrected chi connectivity index (χ0v) is 22.6. The van der Waals surface area contributed by atoms with Crippen LogP contribution in [0.15, 0.2) is 49.1 Å². The Morgan fingerprint density at radius 2 is 1.43 bits per heavy atom. The quantitative estimate of drug-likeness (QED) is 0.324. The lowest BCUT2D eigenvalue weighted by Crippen LogP contribution is -2.34. The molecule has 1 nitrogen and oxygen atoms in total. The monoisotopic (exact) mass is 506 g/mol. The second-order valence-corrected chi connectivity index (χ2v) is 12.3. The van der Waals surface area contributed by atoms with Crippen molar-refractivity contribution in [3.63, 3.8) is 0 Å². The largest absolute Gasteiger partial charge is 0.486 e. The summed E-state index contributed by atoms with van der Waals surface area (Å²) in [7, 11) is 0. The van der Waals surface area contributed by atoms with Crippen LogP contribution in [0.2, 0.25) is 0 Å². The molecule has 3 saturated carbocycles. The molecule has 5 rings (SSSR count). The minimum atomic E-state index is -0.903. The van der Waals surface area contributed by atoms with E-state index < -0.39 is 11.6 Å². The van der Waals surface area contributed by atoms with Gasteiger partial charge < -0.3 is 4.74 Å². The number of rotatable bonds is 8. The van der Waals surface area contributed by atoms with E-state index in [1.54, 1.807) is 13.0 Å². The van der Waals surface area contributed by atoms with Crippen LogP contribution in [-0.4, -0.2) is 0 Å². The standard InChI is InChI=1S/C34H44F2O/c1-3-4-5-24-7-11-26(12-8-24)28-15-17-31-21-29(16-18-30(31)20-28)27-13-9-25(10-14-27)22-37-32-19-6-23(2)33(35)34(32)36/h3,6,9-10,13-14,19,24,26,28-31H,1,4-5,7-8,11-12,15-18,20-22H2,2H3. The second-order valence-electron chi connectivity index (χ2n) is 12.3. The van der Waals surface area contributed by atoms with Gasteiger partial charge in [0.2, 0.25) is 5.82 Å². The average Bonchev–Trinajstić information content (AvgIpc) is 2.94. The lowest BCUT2D eigenvalue weighted by Gasteiger charge is -2.45. The molecule has 3 heteroatoms. The molecule has 0 amide bonds.